The van der Waals surface area contributed by atoms with Crippen molar-refractivity contribution in [3.8, 4) is 12.5 Å². The Labute approximate surface area is 283 Å². The fraction of sp³-hybridized carbons (Fsp3) is 0.833. The lowest BCUT2D eigenvalue weighted by Crippen LogP contribution is -2.59. The van der Waals surface area contributed by atoms with Gasteiger partial charge in [-0.25, -0.2) is 37.9 Å². The first-order chi connectivity index (χ1) is 22.1. The Morgan fingerprint density at radius 2 is 0.938 bits per heavy atom. The van der Waals surface area contributed by atoms with Crippen LogP contribution in [0.5, 0.6) is 0 Å². The summed E-state index contributed by atoms with van der Waals surface area (Å²) in [4.78, 5) is 58.6. The van der Waals surface area contributed by atoms with Crippen molar-refractivity contribution in [1.29, 1.82) is 10.5 Å². The highest BCUT2D eigenvalue weighted by Crippen LogP contribution is 2.50. The van der Waals surface area contributed by atoms with Crippen LogP contribution in [0.4, 0.5) is 0 Å². The van der Waals surface area contributed by atoms with E-state index in [0.717, 1.165) is 0 Å². The van der Waals surface area contributed by atoms with Gasteiger partial charge in [0.2, 0.25) is 6.08 Å². The average Bonchev–Trinajstić information content (AvgIpc) is 2.89. The van der Waals surface area contributed by atoms with E-state index < -0.39 is 33.3 Å². The van der Waals surface area contributed by atoms with Crippen molar-refractivity contribution < 1.29 is 14.3 Å². The molecule has 0 amide bonds. The zero-order valence-electron chi connectivity index (χ0n) is 30.4. The molecular weight excluding hydrogens is 612 g/mol. The number of nitrogens with zero attached hydrogens (tertiary/aromatic N) is 6. The molecule has 12 heteroatoms. The van der Waals surface area contributed by atoms with Crippen LogP contribution in [0.3, 0.4) is 0 Å². The largest absolute Gasteiger partial charge is 0.424 e. The Bertz CT molecular complexity index is 1610. The molecule has 3 aliphatic rings. The summed E-state index contributed by atoms with van der Waals surface area (Å²) in [6.07, 6.45) is 10.2. The molecule has 4 rings (SSSR count). The Morgan fingerprint density at radius 3 is 1.27 bits per heavy atom. The molecule has 6 atom stereocenters. The zero-order valence-corrected chi connectivity index (χ0v) is 30.4. The number of rotatable bonds is 9. The molecule has 0 saturated heterocycles. The number of hydrogen-bond donors (Lipinski definition) is 0. The number of isocyanates is 1. The van der Waals surface area contributed by atoms with Gasteiger partial charge in [-0.3, -0.25) is 0 Å². The van der Waals surface area contributed by atoms with Crippen LogP contribution in [0.15, 0.2) is 19.4 Å². The van der Waals surface area contributed by atoms with Gasteiger partial charge in [0, 0.05) is 19.6 Å². The van der Waals surface area contributed by atoms with Crippen molar-refractivity contribution in [1.82, 2.24) is 13.7 Å². The molecule has 0 N–H and O–H groups in total. The molecule has 1 heterocycles. The monoisotopic (exact) mass is 666 g/mol. The quantitative estimate of drug-likeness (QED) is 0.196. The van der Waals surface area contributed by atoms with Crippen LogP contribution in [-0.4, -0.2) is 38.0 Å². The van der Waals surface area contributed by atoms with E-state index in [1.807, 2.05) is 33.3 Å². The first kappa shape index (κ1) is 37.2. The molecule has 48 heavy (non-hydrogen) atoms. The number of aliphatic imine (C=N–C) groups is 1. The number of ether oxygens (including phenoxy) is 2. The van der Waals surface area contributed by atoms with Crippen molar-refractivity contribution in [2.75, 3.05) is 0 Å². The van der Waals surface area contributed by atoms with Gasteiger partial charge < -0.3 is 9.47 Å². The predicted octanol–water partition coefficient (Wildman–Crippen LogP) is 5.26. The Hall–Kier alpha value is -3.63. The lowest BCUT2D eigenvalue weighted by molar-refractivity contribution is -0.0235. The number of hydrogen-bond acceptors (Lipinski definition) is 9. The number of carbonyl (C=O) groups excluding carboxylic acids is 1. The van der Waals surface area contributed by atoms with Crippen molar-refractivity contribution in [3.05, 3.63) is 31.5 Å². The smallest absolute Gasteiger partial charge is 0.336 e. The average molecular weight is 667 g/mol. The first-order valence-electron chi connectivity index (χ1n) is 17.2. The van der Waals surface area contributed by atoms with E-state index in [2.05, 4.69) is 46.5 Å². The van der Waals surface area contributed by atoms with E-state index in [0.29, 0.717) is 57.8 Å². The summed E-state index contributed by atoms with van der Waals surface area (Å²) in [6.45, 7) is 18.8. The third-order valence-corrected chi connectivity index (χ3v) is 10.9. The third kappa shape index (κ3) is 8.50. The van der Waals surface area contributed by atoms with Crippen molar-refractivity contribution in [3.63, 3.8) is 0 Å². The summed E-state index contributed by atoms with van der Waals surface area (Å²) in [7, 11) is 0. The lowest BCUT2D eigenvalue weighted by Gasteiger charge is -2.46. The summed E-state index contributed by atoms with van der Waals surface area (Å²) >= 11 is 0. The van der Waals surface area contributed by atoms with Crippen LogP contribution in [0.2, 0.25) is 0 Å². The van der Waals surface area contributed by atoms with Gasteiger partial charge in [0.05, 0.1) is 6.04 Å². The maximum Gasteiger partial charge on any atom is 0.336 e. The highest BCUT2D eigenvalue weighted by atomic mass is 16.5. The van der Waals surface area contributed by atoms with E-state index in [1.165, 1.54) is 13.7 Å². The number of nitriles is 2. The summed E-state index contributed by atoms with van der Waals surface area (Å²) in [5.74, 6) is 0. The van der Waals surface area contributed by atoms with Gasteiger partial charge in [0.25, 0.3) is 12.5 Å². The van der Waals surface area contributed by atoms with Crippen LogP contribution in [0.25, 0.3) is 0 Å². The van der Waals surface area contributed by atoms with E-state index in [-0.39, 0.29) is 54.1 Å². The summed E-state index contributed by atoms with van der Waals surface area (Å²) in [5, 5.41) is 18.6. The molecule has 0 aliphatic heterocycles. The molecule has 264 valence electrons. The summed E-state index contributed by atoms with van der Waals surface area (Å²) in [6, 6.07) is -0.291. The molecule has 1 aromatic heterocycles. The fourth-order valence-electron chi connectivity index (χ4n) is 10.7. The zero-order chi connectivity index (χ0) is 35.9. The van der Waals surface area contributed by atoms with E-state index in [1.54, 1.807) is 6.08 Å². The lowest BCUT2D eigenvalue weighted by atomic mass is 9.62. The Morgan fingerprint density at radius 1 is 0.604 bits per heavy atom. The van der Waals surface area contributed by atoms with Gasteiger partial charge in [-0.2, -0.15) is 10.5 Å². The molecule has 0 aromatic carbocycles. The molecule has 0 radical (unpaired) electrons. The highest BCUT2D eigenvalue weighted by molar-refractivity contribution is 5.33. The van der Waals surface area contributed by atoms with Crippen LogP contribution in [0, 0.1) is 55.5 Å². The minimum Gasteiger partial charge on any atom is -0.424 e. The standard InChI is InChI=1S/C36H54N6O6/c1-31(2)10-25(39-24-43)11-34(7,16-31)19-40-28(44)41(20-35(8)14-26(47-22-37)12-32(3,4)17-35)30(46)42(29(40)45)21-36(9)15-27(48-23-38)13-33(5,6)18-36/h25-27H,10-21H2,1-9H3. The maximum atomic E-state index is 14.4. The van der Waals surface area contributed by atoms with Crippen LogP contribution >= 0.6 is 0 Å². The highest BCUT2D eigenvalue weighted by Gasteiger charge is 2.46. The van der Waals surface area contributed by atoms with Crippen molar-refractivity contribution in [2.24, 2.45) is 37.5 Å². The molecule has 6 unspecified atom stereocenters. The Balaban J connectivity index is 1.87. The van der Waals surface area contributed by atoms with Crippen LogP contribution in [0.1, 0.15) is 120 Å². The summed E-state index contributed by atoms with van der Waals surface area (Å²) in [5.41, 5.74) is -4.33. The van der Waals surface area contributed by atoms with Gasteiger partial charge in [0.1, 0.15) is 12.2 Å². The first-order valence-corrected chi connectivity index (χ1v) is 17.2. The minimum atomic E-state index is -0.663. The summed E-state index contributed by atoms with van der Waals surface area (Å²) < 4.78 is 14.5. The van der Waals surface area contributed by atoms with Crippen molar-refractivity contribution in [2.45, 2.75) is 158 Å². The molecular formula is C36H54N6O6. The second-order valence-electron chi connectivity index (χ2n) is 18.8. The van der Waals surface area contributed by atoms with Crippen LogP contribution < -0.4 is 17.1 Å². The molecule has 0 spiro atoms. The molecule has 3 aliphatic carbocycles. The Kier molecular flexibility index (Phi) is 10.1. The molecule has 3 fully saturated rings. The number of aromatic nitrogens is 3. The molecule has 3 saturated carbocycles. The van der Waals surface area contributed by atoms with Gasteiger partial charge in [-0.15, -0.1) is 0 Å². The minimum absolute atomic E-state index is 0.0578. The van der Waals surface area contributed by atoms with Crippen molar-refractivity contribution >= 4 is 6.08 Å². The normalized spacial score (nSPS) is 33.8. The van der Waals surface area contributed by atoms with E-state index >= 15 is 0 Å². The van der Waals surface area contributed by atoms with Gasteiger partial charge in [-0.1, -0.05) is 62.3 Å². The third-order valence-electron chi connectivity index (χ3n) is 10.9. The maximum absolute atomic E-state index is 14.4. The van der Waals surface area contributed by atoms with E-state index in [4.69, 9.17) is 9.47 Å². The van der Waals surface area contributed by atoms with Gasteiger partial charge in [-0.05, 0) is 90.3 Å². The van der Waals surface area contributed by atoms with Crippen LogP contribution in [-0.2, 0) is 33.9 Å². The second-order valence-corrected chi connectivity index (χ2v) is 18.8. The molecule has 0 bridgehead atoms. The second kappa shape index (κ2) is 13.0. The topological polar surface area (TPSA) is 161 Å². The molecule has 1 aromatic rings. The van der Waals surface area contributed by atoms with E-state index in [9.17, 15) is 29.7 Å². The fourth-order valence-corrected chi connectivity index (χ4v) is 10.7. The van der Waals surface area contributed by atoms with Gasteiger partial charge >= 0.3 is 17.1 Å². The van der Waals surface area contributed by atoms with Gasteiger partial charge in [0.15, 0.2) is 0 Å². The predicted molar refractivity (Wildman–Crippen MR) is 179 cm³/mol. The SMILES string of the molecule is CC1(C)CC(N=C=O)CC(C)(Cn2c(=O)n(CC3(C)CC(OC#N)CC(C)(C)C3)c(=O)n(CC3(C)CC(OC#N)CC(C)(C)C3)c2=O)C1. The molecule has 12 nitrogen and oxygen atoms in total.